The Labute approximate surface area is 201 Å². The lowest BCUT2D eigenvalue weighted by atomic mass is 10.1. The third-order valence-corrected chi connectivity index (χ3v) is 5.48. The Kier molecular flexibility index (Phi) is 10.5. The molecule has 0 saturated carbocycles. The number of amides is 2. The van der Waals surface area contributed by atoms with Crippen molar-refractivity contribution in [3.05, 3.63) is 35.4 Å². The molecule has 1 atom stereocenters. The summed E-state index contributed by atoms with van der Waals surface area (Å²) in [6, 6.07) is 7.63. The van der Waals surface area contributed by atoms with E-state index < -0.39 is 0 Å². The highest BCUT2D eigenvalue weighted by Gasteiger charge is 2.30. The van der Waals surface area contributed by atoms with Gasteiger partial charge in [0.25, 0.3) is 11.8 Å². The van der Waals surface area contributed by atoms with E-state index in [9.17, 15) is 9.59 Å². The number of rotatable bonds is 6. The number of hydrogen-bond acceptors (Lipinski definition) is 4. The minimum absolute atomic E-state index is 0. The highest BCUT2D eigenvalue weighted by atomic mass is 127. The van der Waals surface area contributed by atoms with Crippen LogP contribution in [0, 0.1) is 0 Å². The molecule has 2 saturated heterocycles. The quantitative estimate of drug-likeness (QED) is 0.325. The predicted octanol–water partition coefficient (Wildman–Crippen LogP) is 1.84. The Morgan fingerprint density at radius 3 is 2.55 bits per heavy atom. The van der Waals surface area contributed by atoms with Crippen molar-refractivity contribution in [3.63, 3.8) is 0 Å². The Balaban J connectivity index is 0.00000341. The van der Waals surface area contributed by atoms with Gasteiger partial charge in [0.05, 0.1) is 0 Å². The van der Waals surface area contributed by atoms with Crippen molar-refractivity contribution in [2.45, 2.75) is 38.8 Å². The fraction of sp³-hybridized carbons (Fsp3) is 0.591. The standard InChI is InChI=1S/C22H33N5O3.HI/c1-3-9-24-20(28)18-7-4-6-17(15-18)16-25-22(23-2)27-12-10-26(11-13-27)21(29)19-8-5-14-30-19;/h4,6-7,15,19H,3,5,8-14,16H2,1-2H3,(H,23,25)(H,24,28);1H. The van der Waals surface area contributed by atoms with E-state index in [4.69, 9.17) is 4.74 Å². The van der Waals surface area contributed by atoms with Crippen LogP contribution in [0.15, 0.2) is 29.3 Å². The van der Waals surface area contributed by atoms with Gasteiger partial charge in [-0.1, -0.05) is 19.1 Å². The van der Waals surface area contributed by atoms with Crippen molar-refractivity contribution < 1.29 is 14.3 Å². The molecule has 0 radical (unpaired) electrons. The molecule has 3 rings (SSSR count). The van der Waals surface area contributed by atoms with Crippen LogP contribution in [0.1, 0.15) is 42.1 Å². The molecular formula is C22H34IN5O3. The lowest BCUT2D eigenvalue weighted by Gasteiger charge is -2.37. The maximum Gasteiger partial charge on any atom is 0.251 e. The summed E-state index contributed by atoms with van der Waals surface area (Å²) >= 11 is 0. The number of carbonyl (C=O) groups excluding carboxylic acids is 2. The van der Waals surface area contributed by atoms with Crippen LogP contribution >= 0.6 is 24.0 Å². The summed E-state index contributed by atoms with van der Waals surface area (Å²) in [7, 11) is 1.76. The summed E-state index contributed by atoms with van der Waals surface area (Å²) in [6.45, 7) is 6.79. The molecule has 9 heteroatoms. The number of aliphatic imine (C=N–C) groups is 1. The van der Waals surface area contributed by atoms with Crippen LogP contribution in [0.5, 0.6) is 0 Å². The molecule has 2 amide bonds. The Morgan fingerprint density at radius 2 is 1.90 bits per heavy atom. The minimum atomic E-state index is -0.254. The van der Waals surface area contributed by atoms with Crippen molar-refractivity contribution in [3.8, 4) is 0 Å². The molecule has 1 unspecified atom stereocenters. The van der Waals surface area contributed by atoms with Gasteiger partial charge in [0.2, 0.25) is 0 Å². The zero-order valence-corrected chi connectivity index (χ0v) is 20.8. The first kappa shape index (κ1) is 25.4. The second-order valence-corrected chi connectivity index (χ2v) is 7.67. The summed E-state index contributed by atoms with van der Waals surface area (Å²) in [5.41, 5.74) is 1.69. The summed E-state index contributed by atoms with van der Waals surface area (Å²) in [5, 5.41) is 6.28. The van der Waals surface area contributed by atoms with Crippen LogP contribution in [0.2, 0.25) is 0 Å². The Bertz CT molecular complexity index is 759. The van der Waals surface area contributed by atoms with E-state index in [1.807, 2.05) is 36.1 Å². The molecule has 2 fully saturated rings. The molecule has 2 N–H and O–H groups in total. The third-order valence-electron chi connectivity index (χ3n) is 5.48. The Hall–Kier alpha value is -1.88. The number of ether oxygens (including phenoxy) is 1. The van der Waals surface area contributed by atoms with Crippen molar-refractivity contribution in [1.29, 1.82) is 0 Å². The predicted molar refractivity (Wildman–Crippen MR) is 132 cm³/mol. The van der Waals surface area contributed by atoms with Crippen LogP contribution in [0.25, 0.3) is 0 Å². The van der Waals surface area contributed by atoms with Gasteiger partial charge in [-0.3, -0.25) is 14.6 Å². The molecule has 0 aliphatic carbocycles. The fourth-order valence-corrected chi connectivity index (χ4v) is 3.79. The van der Waals surface area contributed by atoms with E-state index in [-0.39, 0.29) is 41.9 Å². The molecule has 0 bridgehead atoms. The van der Waals surface area contributed by atoms with Gasteiger partial charge in [-0.15, -0.1) is 24.0 Å². The van der Waals surface area contributed by atoms with Gasteiger partial charge in [-0.2, -0.15) is 0 Å². The molecule has 0 spiro atoms. The molecule has 8 nitrogen and oxygen atoms in total. The molecule has 2 aliphatic heterocycles. The summed E-state index contributed by atoms with van der Waals surface area (Å²) in [4.78, 5) is 33.1. The average molecular weight is 543 g/mol. The molecule has 1 aromatic rings. The number of nitrogens with zero attached hydrogens (tertiary/aromatic N) is 3. The topological polar surface area (TPSA) is 86.3 Å². The molecule has 31 heavy (non-hydrogen) atoms. The van der Waals surface area contributed by atoms with Gasteiger partial charge in [-0.25, -0.2) is 0 Å². The third kappa shape index (κ3) is 7.06. The number of hydrogen-bond donors (Lipinski definition) is 2. The second kappa shape index (κ2) is 12.8. The largest absolute Gasteiger partial charge is 0.368 e. The number of guanidine groups is 1. The van der Waals surface area contributed by atoms with Gasteiger partial charge >= 0.3 is 0 Å². The van der Waals surface area contributed by atoms with Crippen LogP contribution < -0.4 is 10.6 Å². The average Bonchev–Trinajstić information content (AvgIpc) is 3.33. The lowest BCUT2D eigenvalue weighted by molar-refractivity contribution is -0.142. The zero-order valence-electron chi connectivity index (χ0n) is 18.4. The van der Waals surface area contributed by atoms with E-state index >= 15 is 0 Å². The number of piperazine rings is 1. The first-order chi connectivity index (χ1) is 14.6. The van der Waals surface area contributed by atoms with Crippen molar-refractivity contribution >= 4 is 41.8 Å². The van der Waals surface area contributed by atoms with Crippen LogP contribution in [-0.4, -0.2) is 80.1 Å². The van der Waals surface area contributed by atoms with Crippen molar-refractivity contribution in [2.75, 3.05) is 46.4 Å². The molecule has 1 aromatic carbocycles. The summed E-state index contributed by atoms with van der Waals surface area (Å²) < 4.78 is 5.53. The summed E-state index contributed by atoms with van der Waals surface area (Å²) in [5.74, 6) is 0.878. The molecule has 172 valence electrons. The first-order valence-electron chi connectivity index (χ1n) is 10.9. The first-order valence-corrected chi connectivity index (χ1v) is 10.9. The van der Waals surface area contributed by atoms with E-state index in [1.54, 1.807) is 7.05 Å². The fourth-order valence-electron chi connectivity index (χ4n) is 3.79. The lowest BCUT2D eigenvalue weighted by Crippen LogP contribution is -2.55. The van der Waals surface area contributed by atoms with E-state index in [0.29, 0.717) is 38.3 Å². The second-order valence-electron chi connectivity index (χ2n) is 7.67. The van der Waals surface area contributed by atoms with Gasteiger partial charge in [0, 0.05) is 58.5 Å². The number of halogens is 1. The van der Waals surface area contributed by atoms with E-state index in [2.05, 4.69) is 20.5 Å². The van der Waals surface area contributed by atoms with Crippen LogP contribution in [0.3, 0.4) is 0 Å². The minimum Gasteiger partial charge on any atom is -0.368 e. The number of carbonyl (C=O) groups is 2. The molecule has 2 heterocycles. The zero-order chi connectivity index (χ0) is 21.3. The number of nitrogens with one attached hydrogen (secondary N) is 2. The van der Waals surface area contributed by atoms with Crippen molar-refractivity contribution in [2.24, 2.45) is 4.99 Å². The SMILES string of the molecule is CCCNC(=O)c1cccc(CNC(=NC)N2CCN(C(=O)C3CCCO3)CC2)c1.I. The van der Waals surface area contributed by atoms with E-state index in [0.717, 1.165) is 43.9 Å². The van der Waals surface area contributed by atoms with Gasteiger partial charge in [-0.05, 0) is 37.0 Å². The van der Waals surface area contributed by atoms with Crippen molar-refractivity contribution in [1.82, 2.24) is 20.4 Å². The van der Waals surface area contributed by atoms with E-state index in [1.165, 1.54) is 0 Å². The number of benzene rings is 1. The van der Waals surface area contributed by atoms with Gasteiger partial charge in [0.1, 0.15) is 6.10 Å². The normalized spacial score (nSPS) is 19.0. The van der Waals surface area contributed by atoms with Crippen LogP contribution in [-0.2, 0) is 16.1 Å². The monoisotopic (exact) mass is 543 g/mol. The van der Waals surface area contributed by atoms with Gasteiger partial charge in [0.15, 0.2) is 5.96 Å². The van der Waals surface area contributed by atoms with Gasteiger partial charge < -0.3 is 25.2 Å². The smallest absolute Gasteiger partial charge is 0.251 e. The highest BCUT2D eigenvalue weighted by molar-refractivity contribution is 14.0. The molecule has 2 aliphatic rings. The maximum atomic E-state index is 12.5. The Morgan fingerprint density at radius 1 is 1.16 bits per heavy atom. The maximum absolute atomic E-state index is 12.5. The summed E-state index contributed by atoms with van der Waals surface area (Å²) in [6.07, 6.45) is 2.46. The highest BCUT2D eigenvalue weighted by Crippen LogP contribution is 2.16. The van der Waals surface area contributed by atoms with Crippen LogP contribution in [0.4, 0.5) is 0 Å². The molecular weight excluding hydrogens is 509 g/mol. The molecule has 0 aromatic heterocycles.